The summed E-state index contributed by atoms with van der Waals surface area (Å²) in [5.41, 5.74) is 9.56. The van der Waals surface area contributed by atoms with Crippen molar-refractivity contribution < 1.29 is 0 Å². The molecule has 0 aromatic carbocycles. The molecule has 1 saturated heterocycles. The third-order valence-corrected chi connectivity index (χ3v) is 4.85. The third-order valence-electron chi connectivity index (χ3n) is 4.85. The molecule has 0 spiro atoms. The van der Waals surface area contributed by atoms with Gasteiger partial charge in [-0.15, -0.1) is 0 Å². The molecule has 3 heterocycles. The molecule has 1 atom stereocenters. The number of nitrogens with zero attached hydrogens (tertiary/aromatic N) is 7. The first-order valence-corrected chi connectivity index (χ1v) is 8.93. The van der Waals surface area contributed by atoms with Crippen LogP contribution >= 0.6 is 0 Å². The van der Waals surface area contributed by atoms with Crippen LogP contribution in [-0.2, 0) is 13.1 Å². The minimum atomic E-state index is 0.192. The summed E-state index contributed by atoms with van der Waals surface area (Å²) >= 11 is 0. The van der Waals surface area contributed by atoms with Gasteiger partial charge in [-0.25, -0.2) is 9.97 Å². The van der Waals surface area contributed by atoms with Crippen molar-refractivity contribution in [2.75, 3.05) is 29.9 Å². The molecule has 0 amide bonds. The zero-order valence-corrected chi connectivity index (χ0v) is 15.6. The Balaban J connectivity index is 1.77. The summed E-state index contributed by atoms with van der Waals surface area (Å²) in [6.45, 7) is 9.62. The fourth-order valence-corrected chi connectivity index (χ4v) is 3.39. The van der Waals surface area contributed by atoms with Crippen molar-refractivity contribution in [1.82, 2.24) is 24.7 Å². The Hall–Kier alpha value is -2.22. The van der Waals surface area contributed by atoms with Gasteiger partial charge in [0, 0.05) is 50.5 Å². The number of hydrogen-bond donors (Lipinski definition) is 1. The maximum Gasteiger partial charge on any atom is 0.230 e. The van der Waals surface area contributed by atoms with Crippen LogP contribution in [0.15, 0.2) is 6.33 Å². The van der Waals surface area contributed by atoms with Crippen LogP contribution in [0, 0.1) is 13.8 Å². The fraction of sp³-hybridized carbons (Fsp3) is 0.647. The van der Waals surface area contributed by atoms with E-state index in [9.17, 15) is 0 Å². The van der Waals surface area contributed by atoms with Crippen LogP contribution in [0.3, 0.4) is 0 Å². The maximum absolute atomic E-state index is 6.08. The number of rotatable bonds is 5. The van der Waals surface area contributed by atoms with E-state index < -0.39 is 0 Å². The number of piperidine rings is 1. The first-order chi connectivity index (χ1) is 12.0. The van der Waals surface area contributed by atoms with Gasteiger partial charge in [-0.3, -0.25) is 4.68 Å². The van der Waals surface area contributed by atoms with E-state index in [0.29, 0.717) is 11.9 Å². The van der Waals surface area contributed by atoms with Gasteiger partial charge in [-0.05, 0) is 33.6 Å². The third kappa shape index (κ3) is 3.73. The Morgan fingerprint density at radius 1 is 1.32 bits per heavy atom. The molecule has 8 heteroatoms. The molecule has 0 bridgehead atoms. The zero-order valence-electron chi connectivity index (χ0n) is 15.6. The molecule has 8 nitrogen and oxygen atoms in total. The molecule has 1 unspecified atom stereocenters. The van der Waals surface area contributed by atoms with Crippen LogP contribution < -0.4 is 15.5 Å². The van der Waals surface area contributed by atoms with Crippen molar-refractivity contribution in [2.45, 2.75) is 52.7 Å². The van der Waals surface area contributed by atoms with Gasteiger partial charge < -0.3 is 15.5 Å². The number of nitrogens with two attached hydrogens (primary N) is 1. The smallest absolute Gasteiger partial charge is 0.230 e. The molecule has 3 rings (SSSR count). The van der Waals surface area contributed by atoms with E-state index >= 15 is 0 Å². The van der Waals surface area contributed by atoms with E-state index in [4.69, 9.17) is 5.73 Å². The summed E-state index contributed by atoms with van der Waals surface area (Å²) in [5, 5.41) is 4.59. The molecular weight excluding hydrogens is 316 g/mol. The normalized spacial score (nSPS) is 17.8. The summed E-state index contributed by atoms with van der Waals surface area (Å²) < 4.78 is 2.03. The summed E-state index contributed by atoms with van der Waals surface area (Å²) in [5.74, 6) is 1.39. The van der Waals surface area contributed by atoms with Gasteiger partial charge >= 0.3 is 0 Å². The average Bonchev–Trinajstić information content (AvgIpc) is 2.89. The number of aryl methyl sites for hydroxylation is 2. The van der Waals surface area contributed by atoms with E-state index in [-0.39, 0.29) is 6.04 Å². The van der Waals surface area contributed by atoms with E-state index in [1.54, 1.807) is 6.33 Å². The van der Waals surface area contributed by atoms with Gasteiger partial charge in [0.05, 0.1) is 5.69 Å². The first kappa shape index (κ1) is 17.6. The highest BCUT2D eigenvalue weighted by Gasteiger charge is 2.20. The molecule has 2 aromatic heterocycles. The second-order valence-corrected chi connectivity index (χ2v) is 6.75. The van der Waals surface area contributed by atoms with Crippen LogP contribution in [0.25, 0.3) is 0 Å². The number of anilines is 2. The summed E-state index contributed by atoms with van der Waals surface area (Å²) in [7, 11) is 2.00. The Morgan fingerprint density at radius 2 is 2.12 bits per heavy atom. The fourth-order valence-electron chi connectivity index (χ4n) is 3.39. The molecule has 2 aromatic rings. The molecule has 0 radical (unpaired) electrons. The van der Waals surface area contributed by atoms with Crippen LogP contribution in [0.2, 0.25) is 0 Å². The second kappa shape index (κ2) is 7.35. The lowest BCUT2D eigenvalue weighted by Crippen LogP contribution is -2.43. The van der Waals surface area contributed by atoms with Gasteiger partial charge in [-0.1, -0.05) is 0 Å². The minimum absolute atomic E-state index is 0.192. The minimum Gasteiger partial charge on any atom is -0.339 e. The predicted molar refractivity (Wildman–Crippen MR) is 98.7 cm³/mol. The van der Waals surface area contributed by atoms with Gasteiger partial charge in [0.25, 0.3) is 0 Å². The average molecular weight is 344 g/mol. The van der Waals surface area contributed by atoms with Crippen LogP contribution in [0.5, 0.6) is 0 Å². The molecule has 1 fully saturated rings. The largest absolute Gasteiger partial charge is 0.339 e. The Kier molecular flexibility index (Phi) is 5.17. The van der Waals surface area contributed by atoms with Crippen molar-refractivity contribution in [1.29, 1.82) is 0 Å². The van der Waals surface area contributed by atoms with Gasteiger partial charge in [-0.2, -0.15) is 10.1 Å². The molecule has 2 N–H and O–H groups in total. The van der Waals surface area contributed by atoms with Gasteiger partial charge in [0.15, 0.2) is 0 Å². The lowest BCUT2D eigenvalue weighted by atomic mass is 10.1. The van der Waals surface area contributed by atoms with Crippen LogP contribution in [-0.4, -0.2) is 50.9 Å². The highest BCUT2D eigenvalue weighted by atomic mass is 15.3. The van der Waals surface area contributed by atoms with Crippen molar-refractivity contribution in [3.63, 3.8) is 0 Å². The van der Waals surface area contributed by atoms with Crippen molar-refractivity contribution >= 4 is 11.9 Å². The molecule has 0 aliphatic carbocycles. The van der Waals surface area contributed by atoms with Gasteiger partial charge in [0.2, 0.25) is 11.9 Å². The summed E-state index contributed by atoms with van der Waals surface area (Å²) in [6, 6.07) is 0.192. The monoisotopic (exact) mass is 344 g/mol. The Labute approximate surface area is 149 Å². The Morgan fingerprint density at radius 3 is 2.80 bits per heavy atom. The number of aromatic nitrogens is 5. The summed E-state index contributed by atoms with van der Waals surface area (Å²) in [6.07, 6.45) is 3.73. The molecule has 0 saturated carbocycles. The van der Waals surface area contributed by atoms with E-state index in [1.807, 2.05) is 16.6 Å². The van der Waals surface area contributed by atoms with E-state index in [0.717, 1.165) is 44.7 Å². The van der Waals surface area contributed by atoms with Crippen molar-refractivity contribution in [2.24, 2.45) is 5.73 Å². The predicted octanol–water partition coefficient (Wildman–Crippen LogP) is 1.27. The quantitative estimate of drug-likeness (QED) is 0.873. The molecule has 25 heavy (non-hydrogen) atoms. The maximum atomic E-state index is 6.08. The van der Waals surface area contributed by atoms with Gasteiger partial charge in [0.1, 0.15) is 6.33 Å². The van der Waals surface area contributed by atoms with E-state index in [1.165, 1.54) is 11.3 Å². The molecule has 1 aliphatic rings. The van der Waals surface area contributed by atoms with E-state index in [2.05, 4.69) is 45.7 Å². The molecule has 1 aliphatic heterocycles. The molecular formula is C17H28N8. The van der Waals surface area contributed by atoms with Crippen molar-refractivity contribution in [3.8, 4) is 0 Å². The first-order valence-electron chi connectivity index (χ1n) is 8.93. The van der Waals surface area contributed by atoms with Crippen LogP contribution in [0.4, 0.5) is 11.9 Å². The van der Waals surface area contributed by atoms with Crippen LogP contribution in [0.1, 0.15) is 36.7 Å². The molecule has 136 valence electrons. The summed E-state index contributed by atoms with van der Waals surface area (Å²) in [4.78, 5) is 17.6. The Bertz CT molecular complexity index is 725. The van der Waals surface area contributed by atoms with Crippen molar-refractivity contribution in [3.05, 3.63) is 23.3 Å². The second-order valence-electron chi connectivity index (χ2n) is 6.75. The number of hydrogen-bond acceptors (Lipinski definition) is 7. The highest BCUT2D eigenvalue weighted by molar-refractivity contribution is 5.39. The lowest BCUT2D eigenvalue weighted by molar-refractivity contribution is 0.499. The SMILES string of the molecule is CCn1nc(C)c(CN(C)c2ncnc(N3CCCC(N)C3)n2)c1C. The highest BCUT2D eigenvalue weighted by Crippen LogP contribution is 2.20. The topological polar surface area (TPSA) is 89.0 Å². The standard InChI is InChI=1S/C17H28N8/c1-5-25-13(3)15(12(2)22-25)10-23(4)16-19-11-20-17(21-16)24-8-6-7-14(18)9-24/h11,14H,5-10,18H2,1-4H3. The lowest BCUT2D eigenvalue weighted by Gasteiger charge is -2.31. The zero-order chi connectivity index (χ0) is 18.0.